The zero-order valence-corrected chi connectivity index (χ0v) is 19.6. The number of amides is 1. The third-order valence-corrected chi connectivity index (χ3v) is 5.59. The van der Waals surface area contributed by atoms with Crippen molar-refractivity contribution in [3.63, 3.8) is 0 Å². The van der Waals surface area contributed by atoms with Crippen LogP contribution in [0.25, 0.3) is 0 Å². The summed E-state index contributed by atoms with van der Waals surface area (Å²) in [6, 6.07) is 15.8. The molecule has 0 spiro atoms. The van der Waals surface area contributed by atoms with E-state index in [9.17, 15) is 18.0 Å². The molecule has 3 aromatic rings. The van der Waals surface area contributed by atoms with Crippen LogP contribution in [0.15, 0.2) is 66.7 Å². The van der Waals surface area contributed by atoms with Crippen molar-refractivity contribution < 1.29 is 32.2 Å². The molecule has 2 N–H and O–H groups in total. The van der Waals surface area contributed by atoms with Crippen molar-refractivity contribution in [3.8, 4) is 17.2 Å². The zero-order valence-electron chi connectivity index (χ0n) is 19.6. The Morgan fingerprint density at radius 2 is 1.51 bits per heavy atom. The van der Waals surface area contributed by atoms with Crippen LogP contribution in [-0.4, -0.2) is 33.8 Å². The van der Waals surface area contributed by atoms with Crippen LogP contribution in [0.3, 0.4) is 0 Å². The van der Waals surface area contributed by atoms with Gasteiger partial charge in [0.2, 0.25) is 5.91 Å². The Kier molecular flexibility index (Phi) is 8.24. The number of benzene rings is 3. The molecule has 0 aromatic heterocycles. The van der Waals surface area contributed by atoms with Gasteiger partial charge in [0.15, 0.2) is 11.5 Å². The first-order valence-electron chi connectivity index (χ1n) is 10.8. The van der Waals surface area contributed by atoms with Crippen LogP contribution in [0, 0.1) is 0 Å². The van der Waals surface area contributed by atoms with E-state index in [1.165, 1.54) is 38.4 Å². The highest BCUT2D eigenvalue weighted by Crippen LogP contribution is 2.34. The summed E-state index contributed by atoms with van der Waals surface area (Å²) in [6.45, 7) is 0.169. The second-order valence-electron chi connectivity index (χ2n) is 7.69. The second kappa shape index (κ2) is 11.1. The van der Waals surface area contributed by atoms with Gasteiger partial charge in [-0.1, -0.05) is 30.3 Å². The van der Waals surface area contributed by atoms with Gasteiger partial charge in [-0.05, 0) is 42.3 Å². The highest BCUT2D eigenvalue weighted by Gasteiger charge is 2.30. The average molecular weight is 489 g/mol. The largest absolute Gasteiger partial charge is 0.496 e. The molecule has 0 unspecified atom stereocenters. The van der Waals surface area contributed by atoms with Gasteiger partial charge in [0.1, 0.15) is 11.8 Å². The van der Waals surface area contributed by atoms with E-state index in [4.69, 9.17) is 19.9 Å². The van der Waals surface area contributed by atoms with Crippen molar-refractivity contribution in [1.29, 1.82) is 0 Å². The van der Waals surface area contributed by atoms with Crippen LogP contribution in [-0.2, 0) is 17.4 Å². The van der Waals surface area contributed by atoms with Gasteiger partial charge in [0, 0.05) is 23.9 Å². The fraction of sp³-hybridized carbons (Fsp3) is 0.269. The van der Waals surface area contributed by atoms with Crippen LogP contribution >= 0.6 is 0 Å². The number of nitrogens with zero attached hydrogens (tertiary/aromatic N) is 1. The van der Waals surface area contributed by atoms with Gasteiger partial charge in [-0.25, -0.2) is 0 Å². The molecule has 9 heteroatoms. The second-order valence-corrected chi connectivity index (χ2v) is 7.69. The number of anilines is 1. The van der Waals surface area contributed by atoms with Gasteiger partial charge in [-0.15, -0.1) is 0 Å². The molecule has 0 aliphatic carbocycles. The lowest BCUT2D eigenvalue weighted by Crippen LogP contribution is -2.40. The molecule has 0 bridgehead atoms. The Morgan fingerprint density at radius 3 is 2.11 bits per heavy atom. The first-order chi connectivity index (χ1) is 16.7. The summed E-state index contributed by atoms with van der Waals surface area (Å²) in [7, 11) is 4.48. The standard InChI is InChI=1S/C26H27F3N2O4/c1-33-21-7-5-4-6-20(21)24(30)25(32)31(19-12-13-22(34-2)23(16-19)35-3)15-14-17-8-10-18(11-9-17)26(27,28)29/h4-13,16,24H,14-15,30H2,1-3H3/t24-/m1/s1. The topological polar surface area (TPSA) is 74.0 Å². The molecule has 3 rings (SSSR count). The molecular formula is C26H27F3N2O4. The van der Waals surface area contributed by atoms with E-state index in [2.05, 4.69) is 0 Å². The third-order valence-electron chi connectivity index (χ3n) is 5.59. The molecule has 0 saturated carbocycles. The molecule has 3 aromatic carbocycles. The molecule has 1 amide bonds. The lowest BCUT2D eigenvalue weighted by atomic mass is 10.0. The van der Waals surface area contributed by atoms with Crippen molar-refractivity contribution in [2.24, 2.45) is 5.73 Å². The van der Waals surface area contributed by atoms with E-state index < -0.39 is 23.7 Å². The highest BCUT2D eigenvalue weighted by atomic mass is 19.4. The van der Waals surface area contributed by atoms with E-state index in [0.29, 0.717) is 40.5 Å². The Balaban J connectivity index is 1.93. The minimum atomic E-state index is -4.41. The maximum Gasteiger partial charge on any atom is 0.416 e. The normalized spacial score (nSPS) is 12.1. The minimum Gasteiger partial charge on any atom is -0.496 e. The predicted octanol–water partition coefficient (Wildman–Crippen LogP) is 5.01. The minimum absolute atomic E-state index is 0.169. The average Bonchev–Trinajstić information content (AvgIpc) is 2.87. The van der Waals surface area contributed by atoms with E-state index >= 15 is 0 Å². The van der Waals surface area contributed by atoms with Crippen LogP contribution in [0.2, 0.25) is 0 Å². The number of ether oxygens (including phenoxy) is 3. The molecule has 0 saturated heterocycles. The predicted molar refractivity (Wildman–Crippen MR) is 127 cm³/mol. The molecule has 0 radical (unpaired) electrons. The lowest BCUT2D eigenvalue weighted by Gasteiger charge is -2.27. The number of hydrogen-bond donors (Lipinski definition) is 1. The summed E-state index contributed by atoms with van der Waals surface area (Å²) in [5, 5.41) is 0. The summed E-state index contributed by atoms with van der Waals surface area (Å²) in [6.07, 6.45) is -4.11. The lowest BCUT2D eigenvalue weighted by molar-refractivity contribution is -0.137. The molecule has 0 aliphatic heterocycles. The van der Waals surface area contributed by atoms with E-state index in [1.807, 2.05) is 0 Å². The Hall–Kier alpha value is -3.72. The Morgan fingerprint density at radius 1 is 0.886 bits per heavy atom. The molecule has 6 nitrogen and oxygen atoms in total. The first-order valence-corrected chi connectivity index (χ1v) is 10.8. The number of rotatable bonds is 9. The fourth-order valence-electron chi connectivity index (χ4n) is 3.68. The highest BCUT2D eigenvalue weighted by molar-refractivity contribution is 5.98. The molecule has 186 valence electrons. The van der Waals surface area contributed by atoms with Gasteiger partial charge in [0.25, 0.3) is 0 Å². The van der Waals surface area contributed by atoms with E-state index in [-0.39, 0.29) is 6.54 Å². The number of methoxy groups -OCH3 is 3. The quantitative estimate of drug-likeness (QED) is 0.459. The van der Waals surface area contributed by atoms with Gasteiger partial charge in [-0.2, -0.15) is 13.2 Å². The SMILES string of the molecule is COc1ccc(N(CCc2ccc(C(F)(F)F)cc2)C(=O)[C@H](N)c2ccccc2OC)cc1OC. The number of para-hydroxylation sites is 1. The Bertz CT molecular complexity index is 1150. The van der Waals surface area contributed by atoms with Gasteiger partial charge in [0.05, 0.1) is 26.9 Å². The van der Waals surface area contributed by atoms with Crippen LogP contribution in [0.1, 0.15) is 22.7 Å². The van der Waals surface area contributed by atoms with Crippen LogP contribution in [0.5, 0.6) is 17.2 Å². The van der Waals surface area contributed by atoms with Crippen molar-refractivity contribution in [2.75, 3.05) is 32.8 Å². The summed E-state index contributed by atoms with van der Waals surface area (Å²) in [5.41, 5.74) is 7.29. The van der Waals surface area contributed by atoms with Gasteiger partial charge in [-0.3, -0.25) is 4.79 Å². The van der Waals surface area contributed by atoms with Crippen LogP contribution in [0.4, 0.5) is 18.9 Å². The molecule has 1 atom stereocenters. The number of carbonyl (C=O) groups excluding carboxylic acids is 1. The molecule has 0 fully saturated rings. The van der Waals surface area contributed by atoms with Crippen LogP contribution < -0.4 is 24.8 Å². The monoisotopic (exact) mass is 488 g/mol. The summed E-state index contributed by atoms with van der Waals surface area (Å²) in [4.78, 5) is 15.1. The maximum atomic E-state index is 13.6. The third kappa shape index (κ3) is 6.05. The summed E-state index contributed by atoms with van der Waals surface area (Å²) in [5.74, 6) is 0.973. The van der Waals surface area contributed by atoms with Crippen molar-refractivity contribution in [1.82, 2.24) is 0 Å². The van der Waals surface area contributed by atoms with Crippen molar-refractivity contribution in [3.05, 3.63) is 83.4 Å². The zero-order chi connectivity index (χ0) is 25.6. The van der Waals surface area contributed by atoms with Gasteiger partial charge >= 0.3 is 6.18 Å². The first kappa shape index (κ1) is 25.9. The Labute approximate surface area is 202 Å². The number of carbonyl (C=O) groups is 1. The fourth-order valence-corrected chi connectivity index (χ4v) is 3.68. The van der Waals surface area contributed by atoms with Gasteiger partial charge < -0.3 is 24.8 Å². The maximum absolute atomic E-state index is 13.6. The summed E-state index contributed by atoms with van der Waals surface area (Å²) >= 11 is 0. The van der Waals surface area contributed by atoms with E-state index in [1.54, 1.807) is 42.5 Å². The number of hydrogen-bond acceptors (Lipinski definition) is 5. The van der Waals surface area contributed by atoms with Crippen molar-refractivity contribution in [2.45, 2.75) is 18.6 Å². The summed E-state index contributed by atoms with van der Waals surface area (Å²) < 4.78 is 54.7. The molecule has 35 heavy (non-hydrogen) atoms. The molecule has 0 aliphatic rings. The number of nitrogens with two attached hydrogens (primary N) is 1. The van der Waals surface area contributed by atoms with Crippen molar-refractivity contribution >= 4 is 11.6 Å². The van der Waals surface area contributed by atoms with E-state index in [0.717, 1.165) is 12.1 Å². The number of alkyl halides is 3. The molecular weight excluding hydrogens is 461 g/mol. The molecule has 0 heterocycles. The smallest absolute Gasteiger partial charge is 0.416 e. The number of halogens is 3.